The Hall–Kier alpha value is -0.450. The summed E-state index contributed by atoms with van der Waals surface area (Å²) in [6.45, 7) is 6.45. The summed E-state index contributed by atoms with van der Waals surface area (Å²) in [5, 5.41) is 0. The van der Waals surface area contributed by atoms with Crippen molar-refractivity contribution in [1.82, 2.24) is 5.43 Å². The van der Waals surface area contributed by atoms with Gasteiger partial charge in [0.1, 0.15) is 5.82 Å². The molecule has 0 fully saturated rings. The fourth-order valence-corrected chi connectivity index (χ4v) is 2.28. The molecule has 0 aliphatic rings. The van der Waals surface area contributed by atoms with Crippen LogP contribution in [0.2, 0.25) is 0 Å². The number of rotatable bonds is 5. The third-order valence-corrected chi connectivity index (χ3v) is 3.88. The van der Waals surface area contributed by atoms with Crippen LogP contribution in [0.4, 0.5) is 4.39 Å². The van der Waals surface area contributed by atoms with Crippen LogP contribution < -0.4 is 11.3 Å². The van der Waals surface area contributed by atoms with Gasteiger partial charge in [-0.05, 0) is 42.0 Å². The van der Waals surface area contributed by atoms with Crippen LogP contribution in [0.15, 0.2) is 22.7 Å². The quantitative estimate of drug-likeness (QED) is 0.646. The van der Waals surface area contributed by atoms with Gasteiger partial charge >= 0.3 is 0 Å². The Labute approximate surface area is 111 Å². The fourth-order valence-electron chi connectivity index (χ4n) is 1.77. The van der Waals surface area contributed by atoms with Crippen LogP contribution in [-0.4, -0.2) is 6.04 Å². The molecule has 0 radical (unpaired) electrons. The van der Waals surface area contributed by atoms with Crippen LogP contribution in [0, 0.1) is 11.2 Å². The average Bonchev–Trinajstić information content (AvgIpc) is 2.24. The summed E-state index contributed by atoms with van der Waals surface area (Å²) in [6.07, 6.45) is 1.73. The Kier molecular flexibility index (Phi) is 5.10. The van der Waals surface area contributed by atoms with Gasteiger partial charge in [0.05, 0.1) is 0 Å². The molecule has 0 aromatic heterocycles. The van der Waals surface area contributed by atoms with E-state index in [0.717, 1.165) is 16.5 Å². The van der Waals surface area contributed by atoms with Crippen LogP contribution in [0.5, 0.6) is 0 Å². The van der Waals surface area contributed by atoms with E-state index in [1.165, 1.54) is 6.07 Å². The van der Waals surface area contributed by atoms with Crippen LogP contribution in [0.3, 0.4) is 0 Å². The van der Waals surface area contributed by atoms with Crippen molar-refractivity contribution >= 4 is 15.9 Å². The van der Waals surface area contributed by atoms with Gasteiger partial charge in [0.25, 0.3) is 0 Å². The zero-order valence-electron chi connectivity index (χ0n) is 10.6. The molecular weight excluding hydrogens is 283 g/mol. The topological polar surface area (TPSA) is 38.0 Å². The molecule has 1 aromatic carbocycles. The second-order valence-corrected chi connectivity index (χ2v) is 5.96. The number of halogens is 2. The summed E-state index contributed by atoms with van der Waals surface area (Å²) in [7, 11) is 0. The Balaban J connectivity index is 2.88. The highest BCUT2D eigenvalue weighted by molar-refractivity contribution is 9.10. The first kappa shape index (κ1) is 14.6. The van der Waals surface area contributed by atoms with Gasteiger partial charge < -0.3 is 0 Å². The van der Waals surface area contributed by atoms with Crippen molar-refractivity contribution in [1.29, 1.82) is 0 Å². The zero-order chi connectivity index (χ0) is 13.1. The van der Waals surface area contributed by atoms with Gasteiger partial charge in [-0.1, -0.05) is 36.7 Å². The second-order valence-electron chi connectivity index (χ2n) is 5.04. The third kappa shape index (κ3) is 4.05. The molecule has 1 atom stereocenters. The Morgan fingerprint density at radius 1 is 1.41 bits per heavy atom. The number of hydrogen-bond donors (Lipinski definition) is 2. The van der Waals surface area contributed by atoms with Crippen molar-refractivity contribution in [3.63, 3.8) is 0 Å². The number of hydrazine groups is 1. The summed E-state index contributed by atoms with van der Waals surface area (Å²) < 4.78 is 14.0. The van der Waals surface area contributed by atoms with Crippen molar-refractivity contribution in [2.45, 2.75) is 39.7 Å². The van der Waals surface area contributed by atoms with E-state index in [1.807, 2.05) is 6.07 Å². The Bertz CT molecular complexity index is 359. The van der Waals surface area contributed by atoms with Crippen molar-refractivity contribution < 1.29 is 4.39 Å². The molecule has 0 bridgehead atoms. The number of hydrogen-bond acceptors (Lipinski definition) is 2. The third-order valence-electron chi connectivity index (χ3n) is 3.42. The van der Waals surface area contributed by atoms with Crippen molar-refractivity contribution in [3.8, 4) is 0 Å². The van der Waals surface area contributed by atoms with Gasteiger partial charge in [-0.3, -0.25) is 11.3 Å². The lowest BCUT2D eigenvalue weighted by Crippen LogP contribution is -2.46. The van der Waals surface area contributed by atoms with Crippen LogP contribution in [0.1, 0.15) is 32.8 Å². The monoisotopic (exact) mass is 302 g/mol. The lowest BCUT2D eigenvalue weighted by molar-refractivity contribution is 0.231. The highest BCUT2D eigenvalue weighted by atomic mass is 79.9. The highest BCUT2D eigenvalue weighted by Crippen LogP contribution is 2.27. The predicted molar refractivity (Wildman–Crippen MR) is 73.0 cm³/mol. The fraction of sp³-hybridized carbons (Fsp3) is 0.538. The smallest absolute Gasteiger partial charge is 0.124 e. The van der Waals surface area contributed by atoms with E-state index in [9.17, 15) is 4.39 Å². The van der Waals surface area contributed by atoms with E-state index in [4.69, 9.17) is 5.84 Å². The van der Waals surface area contributed by atoms with Gasteiger partial charge in [0, 0.05) is 10.5 Å². The van der Waals surface area contributed by atoms with Gasteiger partial charge in [0.2, 0.25) is 0 Å². The van der Waals surface area contributed by atoms with Crippen molar-refractivity contribution in [2.75, 3.05) is 0 Å². The van der Waals surface area contributed by atoms with Gasteiger partial charge in [-0.2, -0.15) is 0 Å². The van der Waals surface area contributed by atoms with Gasteiger partial charge in [0.15, 0.2) is 0 Å². The first-order chi connectivity index (χ1) is 7.89. The molecule has 0 heterocycles. The summed E-state index contributed by atoms with van der Waals surface area (Å²) in [6, 6.07) is 5.07. The maximum Gasteiger partial charge on any atom is 0.124 e. The molecule has 3 N–H and O–H groups in total. The largest absolute Gasteiger partial charge is 0.271 e. The normalized spacial score (nSPS) is 13.8. The maximum absolute atomic E-state index is 13.3. The summed E-state index contributed by atoms with van der Waals surface area (Å²) in [5.41, 5.74) is 3.87. The van der Waals surface area contributed by atoms with E-state index in [-0.39, 0.29) is 17.3 Å². The van der Waals surface area contributed by atoms with Crippen LogP contribution in [0.25, 0.3) is 0 Å². The SMILES string of the molecule is CCC(C)(C)C(Cc1cc(F)cc(Br)c1)NN. The molecule has 1 unspecified atom stereocenters. The van der Waals surface area contributed by atoms with Crippen LogP contribution >= 0.6 is 15.9 Å². The molecule has 0 saturated heterocycles. The highest BCUT2D eigenvalue weighted by Gasteiger charge is 2.26. The number of nitrogens with one attached hydrogen (secondary N) is 1. The summed E-state index contributed by atoms with van der Waals surface area (Å²) in [5.74, 6) is 5.38. The summed E-state index contributed by atoms with van der Waals surface area (Å²) >= 11 is 3.30. The molecule has 1 rings (SSSR count). The van der Waals surface area contributed by atoms with E-state index in [0.29, 0.717) is 6.42 Å². The maximum atomic E-state index is 13.3. The van der Waals surface area contributed by atoms with Crippen molar-refractivity contribution in [2.24, 2.45) is 11.3 Å². The van der Waals surface area contributed by atoms with E-state index >= 15 is 0 Å². The molecule has 2 nitrogen and oxygen atoms in total. The first-order valence-electron chi connectivity index (χ1n) is 5.80. The minimum absolute atomic E-state index is 0.0769. The minimum Gasteiger partial charge on any atom is -0.271 e. The molecule has 1 aromatic rings. The molecule has 17 heavy (non-hydrogen) atoms. The van der Waals surface area contributed by atoms with E-state index < -0.39 is 0 Å². The number of nitrogens with two attached hydrogens (primary N) is 1. The lowest BCUT2D eigenvalue weighted by atomic mass is 9.79. The molecule has 96 valence electrons. The number of benzene rings is 1. The first-order valence-corrected chi connectivity index (χ1v) is 6.59. The Morgan fingerprint density at radius 2 is 2.06 bits per heavy atom. The standard InChI is InChI=1S/C13H20BrFN2/c1-4-13(2,3)12(17-16)7-9-5-10(14)8-11(15)6-9/h5-6,8,12,17H,4,7,16H2,1-3H3. The van der Waals surface area contributed by atoms with Crippen molar-refractivity contribution in [3.05, 3.63) is 34.1 Å². The second kappa shape index (κ2) is 5.94. The summed E-state index contributed by atoms with van der Waals surface area (Å²) in [4.78, 5) is 0. The van der Waals surface area contributed by atoms with Gasteiger partial charge in [-0.15, -0.1) is 0 Å². The zero-order valence-corrected chi connectivity index (χ0v) is 12.1. The Morgan fingerprint density at radius 3 is 2.53 bits per heavy atom. The average molecular weight is 303 g/mol. The molecule has 0 amide bonds. The van der Waals surface area contributed by atoms with Gasteiger partial charge in [-0.25, -0.2) is 4.39 Å². The molecule has 4 heteroatoms. The molecule has 0 aliphatic heterocycles. The molecule has 0 saturated carbocycles. The van der Waals surface area contributed by atoms with Crippen LogP contribution in [-0.2, 0) is 6.42 Å². The molecule has 0 spiro atoms. The van der Waals surface area contributed by atoms with E-state index in [2.05, 4.69) is 42.1 Å². The van der Waals surface area contributed by atoms with E-state index in [1.54, 1.807) is 6.07 Å². The molecule has 0 aliphatic carbocycles. The lowest BCUT2D eigenvalue weighted by Gasteiger charge is -2.33. The predicted octanol–water partition coefficient (Wildman–Crippen LogP) is 3.40. The minimum atomic E-state index is -0.223. The molecular formula is C13H20BrFN2.